The number of aromatic nitrogens is 1. The van der Waals surface area contributed by atoms with Crippen LogP contribution in [-0.2, 0) is 0 Å². The van der Waals surface area contributed by atoms with Crippen LogP contribution in [0.25, 0.3) is 0 Å². The predicted molar refractivity (Wildman–Crippen MR) is 119 cm³/mol. The van der Waals surface area contributed by atoms with Crippen LogP contribution in [0, 0.1) is 12.8 Å². The van der Waals surface area contributed by atoms with Crippen molar-refractivity contribution in [1.29, 1.82) is 0 Å². The van der Waals surface area contributed by atoms with E-state index in [2.05, 4.69) is 22.1 Å². The van der Waals surface area contributed by atoms with E-state index in [1.54, 1.807) is 6.20 Å². The number of fused-ring (bicyclic) bond motifs is 1. The summed E-state index contributed by atoms with van der Waals surface area (Å²) in [6.07, 6.45) is 5.87. The van der Waals surface area contributed by atoms with Gasteiger partial charge in [-0.3, -0.25) is 9.69 Å². The molecule has 0 unspecified atom stereocenters. The number of carbonyl (C=O) groups is 1. The van der Waals surface area contributed by atoms with Crippen LogP contribution in [0.2, 0.25) is 0 Å². The van der Waals surface area contributed by atoms with E-state index < -0.39 is 0 Å². The van der Waals surface area contributed by atoms with Gasteiger partial charge in [0, 0.05) is 19.3 Å². The van der Waals surface area contributed by atoms with Crippen LogP contribution < -0.4 is 14.8 Å². The second-order valence-electron chi connectivity index (χ2n) is 8.02. The number of hydrogen-bond donors (Lipinski definition) is 1. The van der Waals surface area contributed by atoms with E-state index >= 15 is 0 Å². The Balaban J connectivity index is 1.21. The number of amides is 1. The Hall–Kier alpha value is -2.25. The Morgan fingerprint density at radius 2 is 2.10 bits per heavy atom. The quantitative estimate of drug-likeness (QED) is 0.713. The summed E-state index contributed by atoms with van der Waals surface area (Å²) >= 11 is 1.50. The second kappa shape index (κ2) is 9.71. The van der Waals surface area contributed by atoms with Gasteiger partial charge in [0.2, 0.25) is 0 Å². The Morgan fingerprint density at radius 3 is 2.90 bits per heavy atom. The van der Waals surface area contributed by atoms with E-state index in [1.165, 1.54) is 17.3 Å². The number of nitrogens with one attached hydrogen (secondary N) is 1. The molecule has 3 heterocycles. The molecule has 2 aromatic rings. The molecule has 0 spiro atoms. The van der Waals surface area contributed by atoms with Gasteiger partial charge in [-0.1, -0.05) is 6.07 Å². The number of piperidine rings is 1. The number of hydrogen-bond acceptors (Lipinski definition) is 6. The number of carbonyl (C=O) groups excluding carboxylic acids is 1. The molecule has 2 aliphatic heterocycles. The number of aryl methyl sites for hydroxylation is 1. The van der Waals surface area contributed by atoms with Crippen molar-refractivity contribution in [3.05, 3.63) is 47.7 Å². The number of likely N-dealkylation sites (tertiary alicyclic amines) is 1. The van der Waals surface area contributed by atoms with E-state index in [9.17, 15) is 4.79 Å². The van der Waals surface area contributed by atoms with Gasteiger partial charge in [-0.2, -0.15) is 0 Å². The summed E-state index contributed by atoms with van der Waals surface area (Å²) in [5, 5.41) is 3.87. The van der Waals surface area contributed by atoms with Gasteiger partial charge in [0.1, 0.15) is 17.7 Å². The molecule has 6 nitrogen and oxygen atoms in total. The zero-order chi connectivity index (χ0) is 20.9. The van der Waals surface area contributed by atoms with Crippen LogP contribution in [-0.4, -0.2) is 60.9 Å². The van der Waals surface area contributed by atoms with E-state index in [0.717, 1.165) is 49.0 Å². The van der Waals surface area contributed by atoms with Crippen LogP contribution in [0.5, 0.6) is 11.5 Å². The summed E-state index contributed by atoms with van der Waals surface area (Å²) in [5.74, 6) is 2.16. The molecule has 1 N–H and O–H groups in total. The topological polar surface area (TPSA) is 63.7 Å². The van der Waals surface area contributed by atoms with Gasteiger partial charge in [0.15, 0.2) is 11.5 Å². The third-order valence-electron chi connectivity index (χ3n) is 5.75. The van der Waals surface area contributed by atoms with Crippen molar-refractivity contribution in [2.75, 3.05) is 39.0 Å². The predicted octanol–water partition coefficient (Wildman–Crippen LogP) is 3.39. The van der Waals surface area contributed by atoms with E-state index in [0.29, 0.717) is 24.6 Å². The number of thioether (sulfide) groups is 1. The Bertz CT molecular complexity index is 884. The highest BCUT2D eigenvalue weighted by Crippen LogP contribution is 2.32. The molecule has 30 heavy (non-hydrogen) atoms. The Kier molecular flexibility index (Phi) is 6.79. The van der Waals surface area contributed by atoms with Crippen molar-refractivity contribution < 1.29 is 14.3 Å². The first-order chi connectivity index (χ1) is 14.6. The van der Waals surface area contributed by atoms with Gasteiger partial charge < -0.3 is 14.8 Å². The second-order valence-corrected chi connectivity index (χ2v) is 8.81. The first-order valence-electron chi connectivity index (χ1n) is 10.5. The summed E-state index contributed by atoms with van der Waals surface area (Å²) in [5.41, 5.74) is 1.84. The average molecular weight is 428 g/mol. The van der Waals surface area contributed by atoms with Crippen molar-refractivity contribution in [2.45, 2.75) is 30.9 Å². The fraction of sp³-hybridized carbons (Fsp3) is 0.478. The minimum atomic E-state index is -0.0309. The Morgan fingerprint density at radius 1 is 1.27 bits per heavy atom. The molecule has 7 heteroatoms. The summed E-state index contributed by atoms with van der Waals surface area (Å²) in [7, 11) is 0. The number of benzene rings is 1. The minimum Gasteiger partial charge on any atom is -0.486 e. The molecule has 160 valence electrons. The summed E-state index contributed by atoms with van der Waals surface area (Å²) in [6, 6.07) is 9.71. The van der Waals surface area contributed by atoms with E-state index in [1.807, 2.05) is 36.6 Å². The third-order valence-corrected chi connectivity index (χ3v) is 6.46. The normalized spacial score (nSPS) is 19.5. The maximum Gasteiger partial charge on any atom is 0.254 e. The first kappa shape index (κ1) is 21.0. The molecule has 1 saturated heterocycles. The first-order valence-corrected chi connectivity index (χ1v) is 11.7. The highest BCUT2D eigenvalue weighted by Gasteiger charge is 2.26. The summed E-state index contributed by atoms with van der Waals surface area (Å²) in [6.45, 7) is 6.28. The van der Waals surface area contributed by atoms with Gasteiger partial charge in [0.05, 0.1) is 5.56 Å². The number of nitrogens with zero attached hydrogens (tertiary/aromatic N) is 2. The van der Waals surface area contributed by atoms with Crippen LogP contribution in [0.3, 0.4) is 0 Å². The Labute approximate surface area is 182 Å². The lowest BCUT2D eigenvalue weighted by Gasteiger charge is -2.35. The van der Waals surface area contributed by atoms with E-state index in [-0.39, 0.29) is 12.0 Å². The lowest BCUT2D eigenvalue weighted by molar-refractivity contribution is 0.0476. The molecule has 1 aromatic carbocycles. The van der Waals surface area contributed by atoms with Crippen molar-refractivity contribution >= 4 is 17.7 Å². The maximum absolute atomic E-state index is 12.5. The van der Waals surface area contributed by atoms with Gasteiger partial charge in [-0.25, -0.2) is 4.98 Å². The monoisotopic (exact) mass is 427 g/mol. The van der Waals surface area contributed by atoms with Crippen LogP contribution >= 0.6 is 11.8 Å². The standard InChI is InChI=1S/C23H29N3O3S/c1-16-5-6-20-21(12-16)29-18(15-28-20)14-26-10-7-17(8-11-26)13-25-22(27)19-4-3-9-24-23(19)30-2/h3-6,9,12,17-18H,7-8,10-11,13-15H2,1-2H3,(H,25,27)/t18-/m0/s1. The minimum absolute atomic E-state index is 0.0309. The molecular formula is C23H29N3O3S. The highest BCUT2D eigenvalue weighted by atomic mass is 32.2. The fourth-order valence-corrected chi connectivity index (χ4v) is 4.58. The van der Waals surface area contributed by atoms with Gasteiger partial charge in [-0.15, -0.1) is 11.8 Å². The summed E-state index contributed by atoms with van der Waals surface area (Å²) < 4.78 is 12.0. The zero-order valence-electron chi connectivity index (χ0n) is 17.6. The highest BCUT2D eigenvalue weighted by molar-refractivity contribution is 7.98. The molecule has 2 aliphatic rings. The molecule has 1 amide bonds. The summed E-state index contributed by atoms with van der Waals surface area (Å²) in [4.78, 5) is 19.2. The molecule has 4 rings (SSSR count). The number of rotatable bonds is 6. The van der Waals surface area contributed by atoms with Gasteiger partial charge >= 0.3 is 0 Å². The fourth-order valence-electron chi connectivity index (χ4n) is 4.03. The maximum atomic E-state index is 12.5. The molecule has 1 fully saturated rings. The van der Waals surface area contributed by atoms with Crippen LogP contribution in [0.15, 0.2) is 41.6 Å². The van der Waals surface area contributed by atoms with Crippen molar-refractivity contribution in [2.24, 2.45) is 5.92 Å². The van der Waals surface area contributed by atoms with Crippen molar-refractivity contribution in [3.8, 4) is 11.5 Å². The van der Waals surface area contributed by atoms with Crippen molar-refractivity contribution in [1.82, 2.24) is 15.2 Å². The molecule has 0 saturated carbocycles. The molecule has 0 aliphatic carbocycles. The van der Waals surface area contributed by atoms with E-state index in [4.69, 9.17) is 9.47 Å². The van der Waals surface area contributed by atoms with Crippen molar-refractivity contribution in [3.63, 3.8) is 0 Å². The SMILES string of the molecule is CSc1ncccc1C(=O)NCC1CCN(C[C@H]2COc3ccc(C)cc3O2)CC1. The smallest absolute Gasteiger partial charge is 0.254 e. The van der Waals surface area contributed by atoms with Gasteiger partial charge in [0.25, 0.3) is 5.91 Å². The molecule has 1 aromatic heterocycles. The lowest BCUT2D eigenvalue weighted by Crippen LogP contribution is -2.45. The average Bonchev–Trinajstić information content (AvgIpc) is 2.78. The number of ether oxygens (including phenoxy) is 2. The third kappa shape index (κ3) is 5.08. The van der Waals surface area contributed by atoms with Crippen LogP contribution in [0.1, 0.15) is 28.8 Å². The zero-order valence-corrected chi connectivity index (χ0v) is 18.4. The molecule has 1 atom stereocenters. The lowest BCUT2D eigenvalue weighted by atomic mass is 9.96. The number of pyridine rings is 1. The molecular weight excluding hydrogens is 398 g/mol. The molecule has 0 radical (unpaired) electrons. The van der Waals surface area contributed by atoms with Crippen LogP contribution in [0.4, 0.5) is 0 Å². The largest absolute Gasteiger partial charge is 0.486 e. The van der Waals surface area contributed by atoms with Gasteiger partial charge in [-0.05, 0) is 74.9 Å². The molecule has 0 bridgehead atoms.